The quantitative estimate of drug-likeness (QED) is 0.751. The molecule has 8 heteroatoms. The van der Waals surface area contributed by atoms with Gasteiger partial charge in [0.25, 0.3) is 0 Å². The van der Waals surface area contributed by atoms with Crippen molar-refractivity contribution in [3.05, 3.63) is 40.5 Å². The molecular formula is C21H29ClN4O3. The number of aromatic nitrogens is 2. The van der Waals surface area contributed by atoms with Gasteiger partial charge in [-0.3, -0.25) is 14.4 Å². The summed E-state index contributed by atoms with van der Waals surface area (Å²) < 4.78 is 7.55. The molecule has 1 atom stereocenters. The Labute approximate surface area is 176 Å². The fourth-order valence-corrected chi connectivity index (χ4v) is 3.72. The summed E-state index contributed by atoms with van der Waals surface area (Å²) in [6, 6.07) is 5.55. The Morgan fingerprint density at radius 1 is 1.31 bits per heavy atom. The molecule has 1 unspecified atom stereocenters. The van der Waals surface area contributed by atoms with Crippen LogP contribution >= 0.6 is 11.6 Å². The highest BCUT2D eigenvalue weighted by molar-refractivity contribution is 6.32. The maximum absolute atomic E-state index is 12.3. The number of carbonyl (C=O) groups is 1. The number of hydrogen-bond donors (Lipinski definition) is 2. The SMILES string of the molecule is Cc1cc(OCC2(O)CCCN(CC(=O)Nc3ccn(C)n3)CC2)cc(C)c1Cl. The van der Waals surface area contributed by atoms with E-state index >= 15 is 0 Å². The number of hydrogen-bond acceptors (Lipinski definition) is 5. The zero-order chi connectivity index (χ0) is 21.0. The lowest BCUT2D eigenvalue weighted by molar-refractivity contribution is -0.117. The third kappa shape index (κ3) is 5.95. The molecule has 1 aliphatic rings. The van der Waals surface area contributed by atoms with Gasteiger partial charge in [-0.15, -0.1) is 0 Å². The normalized spacial score (nSPS) is 20.3. The molecule has 1 amide bonds. The van der Waals surface area contributed by atoms with Crippen LogP contribution < -0.4 is 10.1 Å². The van der Waals surface area contributed by atoms with Gasteiger partial charge in [0.1, 0.15) is 12.4 Å². The van der Waals surface area contributed by atoms with Crippen LogP contribution in [0.4, 0.5) is 5.82 Å². The first kappa shape index (κ1) is 21.6. The number of rotatable bonds is 6. The number of halogens is 1. The zero-order valence-electron chi connectivity index (χ0n) is 17.2. The lowest BCUT2D eigenvalue weighted by atomic mass is 9.96. The molecule has 158 valence electrons. The van der Waals surface area contributed by atoms with Crippen LogP contribution in [0.1, 0.15) is 30.4 Å². The van der Waals surface area contributed by atoms with E-state index in [0.29, 0.717) is 31.0 Å². The summed E-state index contributed by atoms with van der Waals surface area (Å²) >= 11 is 6.21. The van der Waals surface area contributed by atoms with Crippen molar-refractivity contribution in [3.8, 4) is 5.75 Å². The molecule has 29 heavy (non-hydrogen) atoms. The number of nitrogens with one attached hydrogen (secondary N) is 1. The van der Waals surface area contributed by atoms with Crippen molar-refractivity contribution in [2.45, 2.75) is 38.7 Å². The lowest BCUT2D eigenvalue weighted by Crippen LogP contribution is -2.38. The van der Waals surface area contributed by atoms with E-state index in [0.717, 1.165) is 29.1 Å². The van der Waals surface area contributed by atoms with Crippen LogP contribution in [0.2, 0.25) is 5.02 Å². The molecule has 1 saturated heterocycles. The largest absolute Gasteiger partial charge is 0.491 e. The Kier molecular flexibility index (Phi) is 6.82. The van der Waals surface area contributed by atoms with Crippen LogP contribution in [0.25, 0.3) is 0 Å². The number of carbonyl (C=O) groups excluding carboxylic acids is 1. The number of benzene rings is 1. The molecule has 0 bridgehead atoms. The third-order valence-electron chi connectivity index (χ3n) is 5.28. The number of amides is 1. The molecule has 0 radical (unpaired) electrons. The fourth-order valence-electron chi connectivity index (χ4n) is 3.61. The van der Waals surface area contributed by atoms with Gasteiger partial charge in [-0.25, -0.2) is 0 Å². The molecule has 2 N–H and O–H groups in total. The molecule has 2 heterocycles. The Morgan fingerprint density at radius 2 is 2.03 bits per heavy atom. The minimum Gasteiger partial charge on any atom is -0.491 e. The van der Waals surface area contributed by atoms with Crippen molar-refractivity contribution in [1.29, 1.82) is 0 Å². The first-order valence-corrected chi connectivity index (χ1v) is 10.3. The molecule has 2 aromatic rings. The number of anilines is 1. The summed E-state index contributed by atoms with van der Waals surface area (Å²) in [6.45, 7) is 5.78. The molecule has 1 aliphatic heterocycles. The van der Waals surface area contributed by atoms with Crippen molar-refractivity contribution in [3.63, 3.8) is 0 Å². The highest BCUT2D eigenvalue weighted by atomic mass is 35.5. The first-order chi connectivity index (χ1) is 13.7. The highest BCUT2D eigenvalue weighted by Crippen LogP contribution is 2.28. The van der Waals surface area contributed by atoms with Crippen LogP contribution in [0.15, 0.2) is 24.4 Å². The van der Waals surface area contributed by atoms with Crippen LogP contribution in [0.5, 0.6) is 5.75 Å². The topological polar surface area (TPSA) is 79.6 Å². The second-order valence-electron chi connectivity index (χ2n) is 7.94. The molecule has 0 aliphatic carbocycles. The zero-order valence-corrected chi connectivity index (χ0v) is 18.0. The van der Waals surface area contributed by atoms with Gasteiger partial charge in [0.2, 0.25) is 5.91 Å². The Morgan fingerprint density at radius 3 is 2.69 bits per heavy atom. The second kappa shape index (κ2) is 9.15. The van der Waals surface area contributed by atoms with Gasteiger partial charge < -0.3 is 15.2 Å². The van der Waals surface area contributed by atoms with E-state index in [9.17, 15) is 9.90 Å². The standard InChI is InChI=1S/C21H29ClN4O3/c1-15-11-17(12-16(2)20(15)22)29-14-21(28)6-4-8-26(10-7-21)13-19(27)23-18-5-9-25(3)24-18/h5,9,11-12,28H,4,6-8,10,13-14H2,1-3H3,(H,23,24,27). The van der Waals surface area contributed by atoms with E-state index < -0.39 is 5.60 Å². The number of ether oxygens (including phenoxy) is 1. The highest BCUT2D eigenvalue weighted by Gasteiger charge is 2.31. The average molecular weight is 421 g/mol. The molecule has 3 rings (SSSR count). The summed E-state index contributed by atoms with van der Waals surface area (Å²) in [6.07, 6.45) is 3.77. The smallest absolute Gasteiger partial charge is 0.239 e. The molecule has 0 saturated carbocycles. The van der Waals surface area contributed by atoms with Crippen LogP contribution in [0, 0.1) is 13.8 Å². The average Bonchev–Trinajstić information content (AvgIpc) is 2.97. The van der Waals surface area contributed by atoms with Crippen LogP contribution in [-0.4, -0.2) is 57.5 Å². The second-order valence-corrected chi connectivity index (χ2v) is 8.31. The maximum atomic E-state index is 12.3. The number of nitrogens with zero attached hydrogens (tertiary/aromatic N) is 3. The summed E-state index contributed by atoms with van der Waals surface area (Å²) in [5, 5.41) is 18.7. The predicted octanol–water partition coefficient (Wildman–Crippen LogP) is 2.92. The summed E-state index contributed by atoms with van der Waals surface area (Å²) in [5.41, 5.74) is 1.01. The van der Waals surface area contributed by atoms with Crippen LogP contribution in [-0.2, 0) is 11.8 Å². The minimum absolute atomic E-state index is 0.0995. The van der Waals surface area contributed by atoms with Crippen molar-refractivity contribution >= 4 is 23.3 Å². The summed E-state index contributed by atoms with van der Waals surface area (Å²) in [4.78, 5) is 14.3. The molecule has 7 nitrogen and oxygen atoms in total. The Hall–Kier alpha value is -2.09. The number of aryl methyl sites for hydroxylation is 3. The van der Waals surface area contributed by atoms with Crippen molar-refractivity contribution in [2.75, 3.05) is 31.6 Å². The van der Waals surface area contributed by atoms with E-state index in [4.69, 9.17) is 16.3 Å². The maximum Gasteiger partial charge on any atom is 0.239 e. The van der Waals surface area contributed by atoms with Gasteiger partial charge in [0.15, 0.2) is 5.82 Å². The fraction of sp³-hybridized carbons (Fsp3) is 0.524. The monoisotopic (exact) mass is 420 g/mol. The van der Waals surface area contributed by atoms with E-state index in [-0.39, 0.29) is 19.1 Å². The molecule has 1 aromatic heterocycles. The first-order valence-electron chi connectivity index (χ1n) is 9.88. The van der Waals surface area contributed by atoms with Gasteiger partial charge in [-0.1, -0.05) is 11.6 Å². The molecule has 0 spiro atoms. The number of aliphatic hydroxyl groups is 1. The van der Waals surface area contributed by atoms with Crippen molar-refractivity contribution in [1.82, 2.24) is 14.7 Å². The van der Waals surface area contributed by atoms with Gasteiger partial charge in [-0.2, -0.15) is 5.10 Å². The van der Waals surface area contributed by atoms with E-state index in [1.165, 1.54) is 0 Å². The minimum atomic E-state index is -0.909. The van der Waals surface area contributed by atoms with E-state index in [1.807, 2.05) is 26.0 Å². The Bertz CT molecular complexity index is 846. The van der Waals surface area contributed by atoms with E-state index in [2.05, 4.69) is 15.3 Å². The van der Waals surface area contributed by atoms with Gasteiger partial charge >= 0.3 is 0 Å². The summed E-state index contributed by atoms with van der Waals surface area (Å²) in [7, 11) is 1.81. The third-order valence-corrected chi connectivity index (χ3v) is 5.87. The molecule has 1 fully saturated rings. The van der Waals surface area contributed by atoms with Crippen molar-refractivity contribution < 1.29 is 14.6 Å². The van der Waals surface area contributed by atoms with Gasteiger partial charge in [0, 0.05) is 30.9 Å². The molecular weight excluding hydrogens is 392 g/mol. The molecule has 1 aromatic carbocycles. The van der Waals surface area contributed by atoms with Gasteiger partial charge in [-0.05, 0) is 62.9 Å². The van der Waals surface area contributed by atoms with E-state index in [1.54, 1.807) is 24.0 Å². The van der Waals surface area contributed by atoms with Crippen LogP contribution in [0.3, 0.4) is 0 Å². The summed E-state index contributed by atoms with van der Waals surface area (Å²) in [5.74, 6) is 1.16. The predicted molar refractivity (Wildman–Crippen MR) is 113 cm³/mol. The van der Waals surface area contributed by atoms with Gasteiger partial charge in [0.05, 0.1) is 12.1 Å². The Balaban J connectivity index is 1.51. The lowest BCUT2D eigenvalue weighted by Gasteiger charge is -2.27. The van der Waals surface area contributed by atoms with Crippen molar-refractivity contribution in [2.24, 2.45) is 7.05 Å². The number of likely N-dealkylation sites (tertiary alicyclic amines) is 1.